The minimum Gasteiger partial charge on any atom is -0.363 e. The molecule has 5 atom stereocenters. The summed E-state index contributed by atoms with van der Waals surface area (Å²) in [6, 6.07) is 0. The van der Waals surface area contributed by atoms with Gasteiger partial charge in [0, 0.05) is 0 Å². The first kappa shape index (κ1) is 11.9. The molecule has 3 heteroatoms. The second-order valence-corrected chi connectivity index (χ2v) is 6.89. The fourth-order valence-corrected chi connectivity index (χ4v) is 4.12. The van der Waals surface area contributed by atoms with Crippen LogP contribution in [0.15, 0.2) is 0 Å². The van der Waals surface area contributed by atoms with E-state index in [1.54, 1.807) is 0 Å². The lowest BCUT2D eigenvalue weighted by molar-refractivity contribution is -0.247. The van der Waals surface area contributed by atoms with Crippen molar-refractivity contribution in [2.24, 2.45) is 5.92 Å². The summed E-state index contributed by atoms with van der Waals surface area (Å²) in [7, 11) is 0. The van der Waals surface area contributed by atoms with Crippen LogP contribution in [0, 0.1) is 5.92 Å². The standard InChI is InChI=1S/C14H24O3/c1-6-9-7-13(4)10-11(14(5,8-9)17-13)16-12(2,3)15-10/h9-11H,6-8H2,1-5H3/t9?,10-,11+,13+,14-. The Labute approximate surface area is 104 Å². The highest BCUT2D eigenvalue weighted by Crippen LogP contribution is 2.57. The highest BCUT2D eigenvalue weighted by Gasteiger charge is 2.68. The average Bonchev–Trinajstić information content (AvgIpc) is 2.60. The van der Waals surface area contributed by atoms with Crippen molar-refractivity contribution < 1.29 is 14.2 Å². The van der Waals surface area contributed by atoms with Crippen LogP contribution in [-0.4, -0.2) is 29.2 Å². The van der Waals surface area contributed by atoms with E-state index in [2.05, 4.69) is 20.8 Å². The van der Waals surface area contributed by atoms with Gasteiger partial charge in [-0.1, -0.05) is 13.3 Å². The van der Waals surface area contributed by atoms with Crippen LogP contribution in [-0.2, 0) is 14.2 Å². The van der Waals surface area contributed by atoms with E-state index < -0.39 is 5.79 Å². The third kappa shape index (κ3) is 1.59. The Hall–Kier alpha value is -0.120. The largest absolute Gasteiger partial charge is 0.363 e. The first-order valence-corrected chi connectivity index (χ1v) is 6.84. The molecule has 0 saturated carbocycles. The Morgan fingerprint density at radius 2 is 1.41 bits per heavy atom. The first-order chi connectivity index (χ1) is 7.78. The maximum atomic E-state index is 6.31. The van der Waals surface area contributed by atoms with Crippen molar-refractivity contribution in [2.75, 3.05) is 0 Å². The maximum Gasteiger partial charge on any atom is 0.164 e. The molecule has 2 bridgehead atoms. The molecule has 3 saturated heterocycles. The molecular weight excluding hydrogens is 216 g/mol. The highest BCUT2D eigenvalue weighted by atomic mass is 16.8. The van der Waals surface area contributed by atoms with Gasteiger partial charge in [0.25, 0.3) is 0 Å². The topological polar surface area (TPSA) is 27.7 Å². The molecule has 98 valence electrons. The molecule has 17 heavy (non-hydrogen) atoms. The van der Waals surface area contributed by atoms with Gasteiger partial charge in [-0.2, -0.15) is 0 Å². The quantitative estimate of drug-likeness (QED) is 0.705. The van der Waals surface area contributed by atoms with Crippen LogP contribution < -0.4 is 0 Å². The molecule has 3 heterocycles. The smallest absolute Gasteiger partial charge is 0.164 e. The van der Waals surface area contributed by atoms with Crippen LogP contribution in [0.5, 0.6) is 0 Å². The lowest BCUT2D eigenvalue weighted by Crippen LogP contribution is -2.47. The molecule has 3 rings (SSSR count). The Bertz CT molecular complexity index is 312. The Morgan fingerprint density at radius 3 is 1.82 bits per heavy atom. The Morgan fingerprint density at radius 1 is 0.941 bits per heavy atom. The van der Waals surface area contributed by atoms with Gasteiger partial charge in [0.1, 0.15) is 12.2 Å². The second-order valence-electron chi connectivity index (χ2n) is 6.89. The summed E-state index contributed by atoms with van der Waals surface area (Å²) in [6.45, 7) is 10.7. The van der Waals surface area contributed by atoms with Crippen molar-refractivity contribution in [3.8, 4) is 0 Å². The summed E-state index contributed by atoms with van der Waals surface area (Å²) in [4.78, 5) is 0. The van der Waals surface area contributed by atoms with E-state index in [4.69, 9.17) is 14.2 Å². The van der Waals surface area contributed by atoms with Gasteiger partial charge < -0.3 is 14.2 Å². The summed E-state index contributed by atoms with van der Waals surface area (Å²) < 4.78 is 18.5. The van der Waals surface area contributed by atoms with Crippen molar-refractivity contribution in [3.05, 3.63) is 0 Å². The van der Waals surface area contributed by atoms with Crippen LogP contribution in [0.25, 0.3) is 0 Å². The molecule has 3 aliphatic heterocycles. The number of fused-ring (bicyclic) bond motifs is 5. The lowest BCUT2D eigenvalue weighted by Gasteiger charge is -2.43. The van der Waals surface area contributed by atoms with Gasteiger partial charge in [-0.05, 0) is 46.5 Å². The summed E-state index contributed by atoms with van der Waals surface area (Å²) in [5, 5.41) is 0. The van der Waals surface area contributed by atoms with Crippen molar-refractivity contribution in [3.63, 3.8) is 0 Å². The van der Waals surface area contributed by atoms with E-state index in [9.17, 15) is 0 Å². The predicted octanol–water partition coefficient (Wildman–Crippen LogP) is 2.87. The van der Waals surface area contributed by atoms with Crippen molar-refractivity contribution >= 4 is 0 Å². The minimum atomic E-state index is -0.458. The Kier molecular flexibility index (Phi) is 2.28. The molecule has 0 radical (unpaired) electrons. The van der Waals surface area contributed by atoms with Crippen LogP contribution in [0.4, 0.5) is 0 Å². The lowest BCUT2D eigenvalue weighted by atomic mass is 9.83. The predicted molar refractivity (Wildman–Crippen MR) is 64.7 cm³/mol. The zero-order valence-corrected chi connectivity index (χ0v) is 11.6. The zero-order chi connectivity index (χ0) is 12.5. The van der Waals surface area contributed by atoms with Crippen LogP contribution >= 0.6 is 0 Å². The fraction of sp³-hybridized carbons (Fsp3) is 1.00. The summed E-state index contributed by atoms with van der Waals surface area (Å²) in [6.07, 6.45) is 3.61. The van der Waals surface area contributed by atoms with E-state index in [1.807, 2.05) is 13.8 Å². The monoisotopic (exact) mass is 240 g/mol. The molecule has 3 fully saturated rings. The molecule has 0 aromatic heterocycles. The SMILES string of the molecule is CCC1C[C@@]2(C)O[C@@](C)(C1)[C@@H]1OC(C)(C)O[C@@H]12. The van der Waals surface area contributed by atoms with Gasteiger partial charge in [-0.3, -0.25) is 0 Å². The summed E-state index contributed by atoms with van der Waals surface area (Å²) in [5.74, 6) is 0.278. The molecule has 0 N–H and O–H groups in total. The third-order valence-corrected chi connectivity index (χ3v) is 4.73. The van der Waals surface area contributed by atoms with Gasteiger partial charge in [0.15, 0.2) is 5.79 Å². The van der Waals surface area contributed by atoms with Crippen molar-refractivity contribution in [1.29, 1.82) is 0 Å². The van der Waals surface area contributed by atoms with Crippen molar-refractivity contribution in [2.45, 2.75) is 83.1 Å². The van der Waals surface area contributed by atoms with E-state index >= 15 is 0 Å². The minimum absolute atomic E-state index is 0.0963. The second kappa shape index (κ2) is 3.25. The molecule has 0 amide bonds. The van der Waals surface area contributed by atoms with Crippen LogP contribution in [0.3, 0.4) is 0 Å². The molecule has 0 aromatic rings. The van der Waals surface area contributed by atoms with E-state index in [0.29, 0.717) is 0 Å². The average molecular weight is 240 g/mol. The molecule has 3 aliphatic rings. The van der Waals surface area contributed by atoms with E-state index in [1.165, 1.54) is 6.42 Å². The molecular formula is C14H24O3. The first-order valence-electron chi connectivity index (χ1n) is 6.84. The molecule has 1 unspecified atom stereocenters. The van der Waals surface area contributed by atoms with Gasteiger partial charge in [-0.25, -0.2) is 0 Å². The molecule has 0 aliphatic carbocycles. The fourth-order valence-electron chi connectivity index (χ4n) is 4.12. The van der Waals surface area contributed by atoms with Gasteiger partial charge in [-0.15, -0.1) is 0 Å². The van der Waals surface area contributed by atoms with E-state index in [0.717, 1.165) is 18.8 Å². The van der Waals surface area contributed by atoms with Crippen molar-refractivity contribution in [1.82, 2.24) is 0 Å². The molecule has 0 aromatic carbocycles. The normalized spacial score (nSPS) is 55.9. The summed E-state index contributed by atoms with van der Waals surface area (Å²) >= 11 is 0. The van der Waals surface area contributed by atoms with Crippen LogP contribution in [0.1, 0.15) is 53.9 Å². The molecule has 0 spiro atoms. The Balaban J connectivity index is 1.95. The summed E-state index contributed by atoms with van der Waals surface area (Å²) in [5.41, 5.74) is -0.321. The highest BCUT2D eigenvalue weighted by molar-refractivity contribution is 5.14. The number of hydrogen-bond donors (Lipinski definition) is 0. The third-order valence-electron chi connectivity index (χ3n) is 4.73. The maximum absolute atomic E-state index is 6.31. The van der Waals surface area contributed by atoms with Gasteiger partial charge in [0.05, 0.1) is 11.2 Å². The number of hydrogen-bond acceptors (Lipinski definition) is 3. The van der Waals surface area contributed by atoms with Gasteiger partial charge in [0.2, 0.25) is 0 Å². The zero-order valence-electron chi connectivity index (χ0n) is 11.6. The molecule has 3 nitrogen and oxygen atoms in total. The number of rotatable bonds is 1. The van der Waals surface area contributed by atoms with Crippen LogP contribution in [0.2, 0.25) is 0 Å². The van der Waals surface area contributed by atoms with Gasteiger partial charge >= 0.3 is 0 Å². The number of ether oxygens (including phenoxy) is 3. The van der Waals surface area contributed by atoms with E-state index in [-0.39, 0.29) is 23.4 Å².